The lowest BCUT2D eigenvalue weighted by Gasteiger charge is -2.06. The van der Waals surface area contributed by atoms with Crippen LogP contribution in [0.5, 0.6) is 5.75 Å². The molecule has 1 aromatic carbocycles. The number of nitrogens with zero attached hydrogens (tertiary/aromatic N) is 1. The van der Waals surface area contributed by atoms with Crippen LogP contribution >= 0.6 is 0 Å². The van der Waals surface area contributed by atoms with Crippen molar-refractivity contribution in [3.8, 4) is 5.75 Å². The number of halogens is 1. The second-order valence-corrected chi connectivity index (χ2v) is 3.06. The van der Waals surface area contributed by atoms with E-state index >= 15 is 0 Å². The lowest BCUT2D eigenvalue weighted by atomic mass is 10.2. The van der Waals surface area contributed by atoms with Crippen molar-refractivity contribution >= 4 is 10.9 Å². The van der Waals surface area contributed by atoms with Gasteiger partial charge in [-0.05, 0) is 12.1 Å². The van der Waals surface area contributed by atoms with Gasteiger partial charge in [0.05, 0.1) is 5.52 Å². The highest BCUT2D eigenvalue weighted by molar-refractivity contribution is 5.85. The third-order valence-corrected chi connectivity index (χ3v) is 2.19. The van der Waals surface area contributed by atoms with E-state index in [2.05, 4.69) is 0 Å². The summed E-state index contributed by atoms with van der Waals surface area (Å²) in [6.07, 6.45) is 0. The molecule has 14 heavy (non-hydrogen) atoms. The molecule has 1 N–H and O–H groups in total. The molecule has 0 aliphatic rings. The maximum absolute atomic E-state index is 13.3. The minimum absolute atomic E-state index is 0.123. The number of hydrogen-bond acceptors (Lipinski definition) is 2. The van der Waals surface area contributed by atoms with Gasteiger partial charge >= 0.3 is 0 Å². The van der Waals surface area contributed by atoms with E-state index in [1.54, 1.807) is 6.07 Å². The average molecular weight is 193 g/mol. The van der Waals surface area contributed by atoms with Gasteiger partial charge in [0.15, 0.2) is 0 Å². The van der Waals surface area contributed by atoms with Gasteiger partial charge in [-0.3, -0.25) is 4.79 Å². The van der Waals surface area contributed by atoms with Crippen molar-refractivity contribution in [2.24, 2.45) is 7.05 Å². The van der Waals surface area contributed by atoms with E-state index in [0.29, 0.717) is 5.39 Å². The molecule has 1 heterocycles. The highest BCUT2D eigenvalue weighted by Crippen LogP contribution is 2.23. The fourth-order valence-electron chi connectivity index (χ4n) is 1.46. The van der Waals surface area contributed by atoms with E-state index < -0.39 is 11.4 Å². The molecule has 0 saturated heterocycles. The molecule has 0 aliphatic heterocycles. The zero-order chi connectivity index (χ0) is 10.3. The Bertz CT molecular complexity index is 560. The van der Waals surface area contributed by atoms with E-state index in [-0.39, 0.29) is 11.3 Å². The van der Waals surface area contributed by atoms with Crippen molar-refractivity contribution in [3.05, 3.63) is 40.4 Å². The normalized spacial score (nSPS) is 10.7. The molecule has 3 nitrogen and oxygen atoms in total. The summed E-state index contributed by atoms with van der Waals surface area (Å²) in [4.78, 5) is 11.2. The molecule has 0 unspecified atom stereocenters. The topological polar surface area (TPSA) is 42.2 Å². The monoisotopic (exact) mass is 193 g/mol. The third kappa shape index (κ3) is 1.08. The Balaban J connectivity index is 3.11. The molecule has 0 atom stereocenters. The molecule has 0 aliphatic carbocycles. The zero-order valence-corrected chi connectivity index (χ0v) is 7.49. The molecule has 0 radical (unpaired) electrons. The Labute approximate surface area is 79.0 Å². The van der Waals surface area contributed by atoms with Crippen molar-refractivity contribution in [2.45, 2.75) is 0 Å². The Morgan fingerprint density at radius 2 is 2.14 bits per heavy atom. The molecule has 0 saturated carbocycles. The van der Waals surface area contributed by atoms with Gasteiger partial charge in [0.25, 0.3) is 5.56 Å². The van der Waals surface area contributed by atoms with Crippen LogP contribution in [0.15, 0.2) is 29.1 Å². The molecular formula is C10H8FNO2. The van der Waals surface area contributed by atoms with Gasteiger partial charge in [0.1, 0.15) is 11.6 Å². The summed E-state index contributed by atoms with van der Waals surface area (Å²) < 4.78 is 14.5. The zero-order valence-electron chi connectivity index (χ0n) is 7.49. The molecule has 72 valence electrons. The van der Waals surface area contributed by atoms with Crippen molar-refractivity contribution in [2.75, 3.05) is 0 Å². The second-order valence-electron chi connectivity index (χ2n) is 3.06. The summed E-state index contributed by atoms with van der Waals surface area (Å²) in [5.41, 5.74) is -0.308. The Morgan fingerprint density at radius 1 is 1.43 bits per heavy atom. The van der Waals surface area contributed by atoms with Crippen molar-refractivity contribution < 1.29 is 9.50 Å². The van der Waals surface area contributed by atoms with Gasteiger partial charge in [-0.1, -0.05) is 6.07 Å². The van der Waals surface area contributed by atoms with Gasteiger partial charge in [0.2, 0.25) is 0 Å². The van der Waals surface area contributed by atoms with Crippen molar-refractivity contribution in [1.29, 1.82) is 0 Å². The van der Waals surface area contributed by atoms with Crippen LogP contribution in [0, 0.1) is 5.82 Å². The number of aromatic hydroxyl groups is 1. The largest absolute Gasteiger partial charge is 0.507 e. The minimum atomic E-state index is -0.516. The lowest BCUT2D eigenvalue weighted by Crippen LogP contribution is -2.16. The first kappa shape index (κ1) is 8.74. The standard InChI is InChI=1S/C10H8FNO2/c1-12-9(14)5-8(13)6-3-2-4-7(11)10(6)12/h2-5,13H,1H3. The molecule has 2 aromatic rings. The molecule has 0 fully saturated rings. The highest BCUT2D eigenvalue weighted by atomic mass is 19.1. The number of para-hydroxylation sites is 1. The number of pyridine rings is 1. The number of benzene rings is 1. The molecular weight excluding hydrogens is 185 g/mol. The van der Waals surface area contributed by atoms with Crippen LogP contribution < -0.4 is 5.56 Å². The first-order valence-corrected chi connectivity index (χ1v) is 4.08. The number of hydrogen-bond donors (Lipinski definition) is 1. The van der Waals surface area contributed by atoms with Crippen LogP contribution in [0.3, 0.4) is 0 Å². The van der Waals surface area contributed by atoms with Gasteiger partial charge < -0.3 is 9.67 Å². The summed E-state index contributed by atoms with van der Waals surface area (Å²) in [6, 6.07) is 5.37. The fourth-order valence-corrected chi connectivity index (χ4v) is 1.46. The number of rotatable bonds is 0. The van der Waals surface area contributed by atoms with Gasteiger partial charge in [-0.15, -0.1) is 0 Å². The first-order chi connectivity index (χ1) is 6.61. The van der Waals surface area contributed by atoms with Crippen molar-refractivity contribution in [3.63, 3.8) is 0 Å². The molecule has 0 bridgehead atoms. The molecule has 0 amide bonds. The molecule has 0 spiro atoms. The summed E-state index contributed by atoms with van der Waals surface area (Å²) in [7, 11) is 1.47. The van der Waals surface area contributed by atoms with Gasteiger partial charge in [-0.2, -0.15) is 0 Å². The maximum Gasteiger partial charge on any atom is 0.254 e. The van der Waals surface area contributed by atoms with E-state index in [9.17, 15) is 14.3 Å². The minimum Gasteiger partial charge on any atom is -0.507 e. The van der Waals surface area contributed by atoms with Crippen LogP contribution in [0.4, 0.5) is 4.39 Å². The summed E-state index contributed by atoms with van der Waals surface area (Å²) in [6.45, 7) is 0. The van der Waals surface area contributed by atoms with Gasteiger partial charge in [0, 0.05) is 18.5 Å². The smallest absolute Gasteiger partial charge is 0.254 e. The van der Waals surface area contributed by atoms with E-state index in [1.807, 2.05) is 0 Å². The Kier molecular flexibility index (Phi) is 1.77. The Hall–Kier alpha value is -1.84. The quantitative estimate of drug-likeness (QED) is 0.686. The van der Waals surface area contributed by atoms with Gasteiger partial charge in [-0.25, -0.2) is 4.39 Å². The summed E-state index contributed by atoms with van der Waals surface area (Å²) in [5, 5.41) is 9.76. The number of aromatic nitrogens is 1. The third-order valence-electron chi connectivity index (χ3n) is 2.19. The first-order valence-electron chi connectivity index (χ1n) is 4.08. The summed E-state index contributed by atoms with van der Waals surface area (Å²) in [5.74, 6) is -0.708. The summed E-state index contributed by atoms with van der Waals surface area (Å²) >= 11 is 0. The highest BCUT2D eigenvalue weighted by Gasteiger charge is 2.08. The van der Waals surface area contributed by atoms with Crippen LogP contribution in [0.2, 0.25) is 0 Å². The number of fused-ring (bicyclic) bond motifs is 1. The molecule has 1 aromatic heterocycles. The van der Waals surface area contributed by atoms with E-state index in [1.165, 1.54) is 23.7 Å². The fraction of sp³-hybridized carbons (Fsp3) is 0.100. The van der Waals surface area contributed by atoms with Crippen LogP contribution in [0.25, 0.3) is 10.9 Å². The second kappa shape index (κ2) is 2.83. The molecule has 4 heteroatoms. The predicted octanol–water partition coefficient (Wildman–Crippen LogP) is 1.38. The van der Waals surface area contributed by atoms with E-state index in [4.69, 9.17) is 0 Å². The predicted molar refractivity (Wildman–Crippen MR) is 50.8 cm³/mol. The van der Waals surface area contributed by atoms with Crippen LogP contribution in [-0.2, 0) is 7.05 Å². The number of aryl methyl sites for hydroxylation is 1. The lowest BCUT2D eigenvalue weighted by molar-refractivity contribution is 0.479. The van der Waals surface area contributed by atoms with Crippen LogP contribution in [-0.4, -0.2) is 9.67 Å². The van der Waals surface area contributed by atoms with Crippen LogP contribution in [0.1, 0.15) is 0 Å². The average Bonchev–Trinajstić information content (AvgIpc) is 2.14. The SMILES string of the molecule is Cn1c(=O)cc(O)c2cccc(F)c21. The Morgan fingerprint density at radius 3 is 2.86 bits per heavy atom. The van der Waals surface area contributed by atoms with E-state index in [0.717, 1.165) is 6.07 Å². The maximum atomic E-state index is 13.3. The molecule has 2 rings (SSSR count). The van der Waals surface area contributed by atoms with Crippen molar-refractivity contribution in [1.82, 2.24) is 4.57 Å².